The summed E-state index contributed by atoms with van der Waals surface area (Å²) in [5.74, 6) is -1.71. The molecule has 0 fully saturated rings. The molecule has 0 bridgehead atoms. The molecule has 0 aliphatic carbocycles. The van der Waals surface area contributed by atoms with Gasteiger partial charge in [-0.1, -0.05) is 29.8 Å². The summed E-state index contributed by atoms with van der Waals surface area (Å²) in [6.45, 7) is 3.30. The topological polar surface area (TPSA) is 91.8 Å². The SMILES string of the molecule is Cc1ccc(S(=O)(=O)Cc2ccc(C(=O)N(C)C(C)C(=O)O)cc2)cc1. The first-order valence-electron chi connectivity index (χ1n) is 8.00. The van der Waals surface area contributed by atoms with Crippen molar-refractivity contribution in [2.24, 2.45) is 0 Å². The van der Waals surface area contributed by atoms with Crippen LogP contribution in [0.25, 0.3) is 0 Å². The second-order valence-electron chi connectivity index (χ2n) is 6.20. The molecule has 26 heavy (non-hydrogen) atoms. The molecule has 1 atom stereocenters. The van der Waals surface area contributed by atoms with Crippen LogP contribution in [-0.4, -0.2) is 43.4 Å². The van der Waals surface area contributed by atoms with E-state index in [-0.39, 0.29) is 10.6 Å². The average molecular weight is 375 g/mol. The fourth-order valence-electron chi connectivity index (χ4n) is 2.34. The van der Waals surface area contributed by atoms with Gasteiger partial charge in [0.1, 0.15) is 6.04 Å². The number of carboxylic acids is 1. The van der Waals surface area contributed by atoms with Crippen LogP contribution in [-0.2, 0) is 20.4 Å². The van der Waals surface area contributed by atoms with Crippen molar-refractivity contribution in [3.63, 3.8) is 0 Å². The predicted molar refractivity (Wildman–Crippen MR) is 97.7 cm³/mol. The number of hydrogen-bond donors (Lipinski definition) is 1. The van der Waals surface area contributed by atoms with Gasteiger partial charge < -0.3 is 10.0 Å². The van der Waals surface area contributed by atoms with Gasteiger partial charge in [-0.2, -0.15) is 0 Å². The van der Waals surface area contributed by atoms with Crippen LogP contribution in [0.2, 0.25) is 0 Å². The molecule has 0 spiro atoms. The van der Waals surface area contributed by atoms with Crippen LogP contribution in [0.15, 0.2) is 53.4 Å². The highest BCUT2D eigenvalue weighted by atomic mass is 32.2. The van der Waals surface area contributed by atoms with Crippen molar-refractivity contribution in [1.29, 1.82) is 0 Å². The molecule has 0 saturated carbocycles. The van der Waals surface area contributed by atoms with Crippen molar-refractivity contribution in [3.8, 4) is 0 Å². The van der Waals surface area contributed by atoms with Crippen molar-refractivity contribution in [2.75, 3.05) is 7.05 Å². The van der Waals surface area contributed by atoms with Crippen molar-refractivity contribution < 1.29 is 23.1 Å². The second kappa shape index (κ2) is 7.70. The lowest BCUT2D eigenvalue weighted by molar-refractivity contribution is -0.141. The van der Waals surface area contributed by atoms with Crippen LogP contribution in [0, 0.1) is 6.92 Å². The van der Waals surface area contributed by atoms with Gasteiger partial charge in [-0.15, -0.1) is 0 Å². The quantitative estimate of drug-likeness (QED) is 0.838. The number of aryl methyl sites for hydroxylation is 1. The number of carboxylic acid groups (broad SMARTS) is 1. The van der Waals surface area contributed by atoms with Crippen LogP contribution in [0.3, 0.4) is 0 Å². The highest BCUT2D eigenvalue weighted by molar-refractivity contribution is 7.90. The minimum Gasteiger partial charge on any atom is -0.480 e. The first kappa shape index (κ1) is 19.7. The number of amides is 1. The summed E-state index contributed by atoms with van der Waals surface area (Å²) in [6.07, 6.45) is 0. The third kappa shape index (κ3) is 4.49. The number of hydrogen-bond acceptors (Lipinski definition) is 4. The maximum Gasteiger partial charge on any atom is 0.326 e. The lowest BCUT2D eigenvalue weighted by Gasteiger charge is -2.21. The molecule has 1 amide bonds. The molecule has 0 heterocycles. The van der Waals surface area contributed by atoms with E-state index in [1.54, 1.807) is 36.4 Å². The molecule has 2 aromatic rings. The van der Waals surface area contributed by atoms with Gasteiger partial charge in [-0.05, 0) is 43.7 Å². The Bertz CT molecular complexity index is 902. The molecule has 0 radical (unpaired) electrons. The van der Waals surface area contributed by atoms with E-state index in [0.717, 1.165) is 10.5 Å². The molecule has 1 N–H and O–H groups in total. The van der Waals surface area contributed by atoms with Gasteiger partial charge in [0, 0.05) is 12.6 Å². The first-order chi connectivity index (χ1) is 12.1. The Morgan fingerprint density at radius 3 is 2.08 bits per heavy atom. The number of rotatable bonds is 6. The average Bonchev–Trinajstić information content (AvgIpc) is 2.60. The Kier molecular flexibility index (Phi) is 5.82. The zero-order chi connectivity index (χ0) is 19.5. The van der Waals surface area contributed by atoms with E-state index in [1.165, 1.54) is 26.1 Å². The third-order valence-electron chi connectivity index (χ3n) is 4.20. The maximum absolute atomic E-state index is 12.5. The molecule has 7 heteroatoms. The van der Waals surface area contributed by atoms with Crippen molar-refractivity contribution in [1.82, 2.24) is 4.90 Å². The number of aliphatic carboxylic acids is 1. The summed E-state index contributed by atoms with van der Waals surface area (Å²) in [5, 5.41) is 8.98. The van der Waals surface area contributed by atoms with Gasteiger partial charge in [0.05, 0.1) is 10.6 Å². The fourth-order valence-corrected chi connectivity index (χ4v) is 3.69. The Morgan fingerprint density at radius 2 is 1.58 bits per heavy atom. The van der Waals surface area contributed by atoms with Crippen LogP contribution in [0.1, 0.15) is 28.4 Å². The Labute approximate surface area is 153 Å². The van der Waals surface area contributed by atoms with Crippen molar-refractivity contribution in [2.45, 2.75) is 30.5 Å². The van der Waals surface area contributed by atoms with Gasteiger partial charge in [-0.25, -0.2) is 13.2 Å². The molecular formula is C19H21NO5S. The van der Waals surface area contributed by atoms with E-state index >= 15 is 0 Å². The minimum atomic E-state index is -3.48. The van der Waals surface area contributed by atoms with Crippen LogP contribution in [0.5, 0.6) is 0 Å². The van der Waals surface area contributed by atoms with Crippen molar-refractivity contribution in [3.05, 3.63) is 65.2 Å². The van der Waals surface area contributed by atoms with Crippen LogP contribution in [0.4, 0.5) is 0 Å². The largest absolute Gasteiger partial charge is 0.480 e. The molecule has 0 saturated heterocycles. The summed E-state index contributed by atoms with van der Waals surface area (Å²) in [7, 11) is -2.06. The molecule has 0 aliphatic rings. The van der Waals surface area contributed by atoms with Gasteiger partial charge >= 0.3 is 5.97 Å². The highest BCUT2D eigenvalue weighted by Gasteiger charge is 2.23. The second-order valence-corrected chi connectivity index (χ2v) is 8.19. The van der Waals surface area contributed by atoms with Gasteiger partial charge in [0.15, 0.2) is 9.84 Å². The predicted octanol–water partition coefficient (Wildman–Crippen LogP) is 2.51. The first-order valence-corrected chi connectivity index (χ1v) is 9.65. The molecule has 1 unspecified atom stereocenters. The molecule has 2 aromatic carbocycles. The zero-order valence-corrected chi connectivity index (χ0v) is 15.7. The zero-order valence-electron chi connectivity index (χ0n) is 14.8. The lowest BCUT2D eigenvalue weighted by atomic mass is 10.1. The molecule has 2 rings (SSSR count). The van der Waals surface area contributed by atoms with E-state index < -0.39 is 27.8 Å². The van der Waals surface area contributed by atoms with Crippen LogP contribution < -0.4 is 0 Å². The minimum absolute atomic E-state index is 0.175. The summed E-state index contributed by atoms with van der Waals surface area (Å²) < 4.78 is 24.9. The molecule has 6 nitrogen and oxygen atoms in total. The third-order valence-corrected chi connectivity index (χ3v) is 5.90. The molecule has 0 aliphatic heterocycles. The highest BCUT2D eigenvalue weighted by Crippen LogP contribution is 2.18. The molecular weight excluding hydrogens is 354 g/mol. The number of benzene rings is 2. The summed E-state index contributed by atoms with van der Waals surface area (Å²) >= 11 is 0. The fraction of sp³-hybridized carbons (Fsp3) is 0.263. The summed E-state index contributed by atoms with van der Waals surface area (Å²) in [6, 6.07) is 11.8. The Hall–Kier alpha value is -2.67. The molecule has 138 valence electrons. The summed E-state index contributed by atoms with van der Waals surface area (Å²) in [4.78, 5) is 24.6. The Morgan fingerprint density at radius 1 is 1.04 bits per heavy atom. The standard InChI is InChI=1S/C19H21NO5S/c1-13-4-10-17(11-5-13)26(24,25)12-15-6-8-16(9-7-15)18(21)20(3)14(2)19(22)23/h4-11,14H,12H2,1-3H3,(H,22,23). The van der Waals surface area contributed by atoms with E-state index in [9.17, 15) is 18.0 Å². The number of nitrogens with zero attached hydrogens (tertiary/aromatic N) is 1. The van der Waals surface area contributed by atoms with Crippen molar-refractivity contribution >= 4 is 21.7 Å². The number of likely N-dealkylation sites (N-methyl/N-ethyl adjacent to an activating group) is 1. The summed E-state index contributed by atoms with van der Waals surface area (Å²) in [5.41, 5.74) is 1.83. The smallest absolute Gasteiger partial charge is 0.326 e. The normalized spacial score (nSPS) is 12.4. The van der Waals surface area contributed by atoms with E-state index in [1.807, 2.05) is 6.92 Å². The van der Waals surface area contributed by atoms with Crippen LogP contribution >= 0.6 is 0 Å². The Balaban J connectivity index is 2.15. The maximum atomic E-state index is 12.5. The number of carbonyl (C=O) groups is 2. The van der Waals surface area contributed by atoms with E-state index in [2.05, 4.69) is 0 Å². The monoisotopic (exact) mass is 375 g/mol. The van der Waals surface area contributed by atoms with E-state index in [0.29, 0.717) is 11.1 Å². The number of sulfone groups is 1. The van der Waals surface area contributed by atoms with Gasteiger partial charge in [-0.3, -0.25) is 4.79 Å². The van der Waals surface area contributed by atoms with E-state index in [4.69, 9.17) is 5.11 Å². The molecule has 0 aromatic heterocycles. The number of carbonyl (C=O) groups excluding carboxylic acids is 1. The van der Waals surface area contributed by atoms with Gasteiger partial charge in [0.2, 0.25) is 0 Å². The van der Waals surface area contributed by atoms with Gasteiger partial charge in [0.25, 0.3) is 5.91 Å². The lowest BCUT2D eigenvalue weighted by Crippen LogP contribution is -2.40.